The minimum atomic E-state index is -0.0878. The van der Waals surface area contributed by atoms with Crippen molar-refractivity contribution in [1.82, 2.24) is 0 Å². The van der Waals surface area contributed by atoms with Crippen LogP contribution >= 0.6 is 0 Å². The van der Waals surface area contributed by atoms with Gasteiger partial charge in [0.2, 0.25) is 5.69 Å². The lowest BCUT2D eigenvalue weighted by Gasteiger charge is -2.34. The van der Waals surface area contributed by atoms with Crippen molar-refractivity contribution in [3.63, 3.8) is 0 Å². The second-order valence-corrected chi connectivity index (χ2v) is 4.15. The highest BCUT2D eigenvalue weighted by Crippen LogP contribution is 2.17. The Labute approximate surface area is 90.4 Å². The molecule has 1 aliphatic heterocycles. The Bertz CT molecular complexity index is 356. The number of hydroxylamine groups is 3. The van der Waals surface area contributed by atoms with E-state index in [1.165, 1.54) is 0 Å². The minimum Gasteiger partial charge on any atom is -0.628 e. The molecular weight excluding hydrogens is 188 g/mol. The van der Waals surface area contributed by atoms with Crippen LogP contribution in [0.1, 0.15) is 18.5 Å². The van der Waals surface area contributed by atoms with E-state index in [-0.39, 0.29) is 4.65 Å². The molecule has 3 heteroatoms. The molecule has 0 atom stereocenters. The highest BCUT2D eigenvalue weighted by atomic mass is 16.5. The summed E-state index contributed by atoms with van der Waals surface area (Å²) < 4.78 is 1.90. The first-order chi connectivity index (χ1) is 7.23. The molecule has 0 aromatic carbocycles. The molecule has 1 saturated heterocycles. The lowest BCUT2D eigenvalue weighted by molar-refractivity contribution is -1.01. The first-order valence-electron chi connectivity index (χ1n) is 5.41. The van der Waals surface area contributed by atoms with Crippen LogP contribution in [0.25, 0.3) is 6.08 Å². The fraction of sp³-hybridized carbons (Fsp3) is 0.417. The van der Waals surface area contributed by atoms with Gasteiger partial charge in [0, 0.05) is 31.1 Å². The predicted octanol–water partition coefficient (Wildman–Crippen LogP) is 1.68. The van der Waals surface area contributed by atoms with Gasteiger partial charge in [-0.05, 0) is 6.07 Å². The van der Waals surface area contributed by atoms with Gasteiger partial charge in [0.1, 0.15) is 0 Å². The van der Waals surface area contributed by atoms with Crippen LogP contribution in [0.15, 0.2) is 31.0 Å². The summed E-state index contributed by atoms with van der Waals surface area (Å²) in [7, 11) is 0. The van der Waals surface area contributed by atoms with Gasteiger partial charge >= 0.3 is 0 Å². The maximum atomic E-state index is 12.2. The van der Waals surface area contributed by atoms with Crippen molar-refractivity contribution in [2.75, 3.05) is 13.1 Å². The summed E-state index contributed by atoms with van der Waals surface area (Å²) in [4.78, 5) is 0. The standard InChI is InChI=1S/C12H17N2O/c1-2-12-7-3-4-8-13(12)11-14(15)9-5-6-10-14/h2-4,7-8H,1,5-6,9-11H2/q+1. The van der Waals surface area contributed by atoms with E-state index in [1.807, 2.05) is 29.0 Å². The van der Waals surface area contributed by atoms with Gasteiger partial charge in [0.15, 0.2) is 6.20 Å². The molecule has 0 spiro atoms. The number of likely N-dealkylation sites (tertiary alicyclic amines) is 1. The third kappa shape index (κ3) is 2.25. The number of nitrogens with zero attached hydrogens (tertiary/aromatic N) is 2. The Morgan fingerprint density at radius 3 is 2.80 bits per heavy atom. The van der Waals surface area contributed by atoms with Crippen LogP contribution in [0.2, 0.25) is 0 Å². The number of quaternary nitrogens is 1. The molecule has 0 aliphatic carbocycles. The minimum absolute atomic E-state index is 0.0878. The SMILES string of the molecule is C=Cc1cccc[n+]1C[N+]1([O-])CCCC1. The van der Waals surface area contributed by atoms with Crippen LogP contribution in [-0.2, 0) is 6.67 Å². The molecule has 1 fully saturated rings. The van der Waals surface area contributed by atoms with Gasteiger partial charge < -0.3 is 9.85 Å². The van der Waals surface area contributed by atoms with Gasteiger partial charge in [-0.1, -0.05) is 6.58 Å². The summed E-state index contributed by atoms with van der Waals surface area (Å²) in [5.74, 6) is 0. The lowest BCUT2D eigenvalue weighted by atomic mass is 10.3. The molecule has 0 unspecified atom stereocenters. The normalized spacial score (nSPS) is 19.0. The quantitative estimate of drug-likeness (QED) is 0.419. The van der Waals surface area contributed by atoms with Gasteiger partial charge in [-0.15, -0.1) is 4.57 Å². The van der Waals surface area contributed by atoms with Gasteiger partial charge in [0.25, 0.3) is 6.67 Å². The lowest BCUT2D eigenvalue weighted by Crippen LogP contribution is -2.53. The van der Waals surface area contributed by atoms with Crippen LogP contribution in [0.5, 0.6) is 0 Å². The Morgan fingerprint density at radius 2 is 2.13 bits per heavy atom. The second-order valence-electron chi connectivity index (χ2n) is 4.15. The molecule has 15 heavy (non-hydrogen) atoms. The summed E-state index contributed by atoms with van der Waals surface area (Å²) >= 11 is 0. The zero-order valence-corrected chi connectivity index (χ0v) is 8.93. The van der Waals surface area contributed by atoms with Crippen molar-refractivity contribution in [3.05, 3.63) is 41.9 Å². The van der Waals surface area contributed by atoms with Crippen molar-refractivity contribution in [3.8, 4) is 0 Å². The zero-order valence-electron chi connectivity index (χ0n) is 8.93. The summed E-state index contributed by atoms with van der Waals surface area (Å²) in [6, 6.07) is 5.90. The predicted molar refractivity (Wildman–Crippen MR) is 59.3 cm³/mol. The molecule has 1 aromatic rings. The largest absolute Gasteiger partial charge is 0.628 e. The van der Waals surface area contributed by atoms with E-state index in [4.69, 9.17) is 0 Å². The first kappa shape index (κ1) is 10.3. The van der Waals surface area contributed by atoms with Crippen LogP contribution in [0.4, 0.5) is 0 Å². The van der Waals surface area contributed by atoms with E-state index in [0.29, 0.717) is 6.67 Å². The molecule has 0 amide bonds. The van der Waals surface area contributed by atoms with E-state index in [9.17, 15) is 5.21 Å². The average molecular weight is 205 g/mol. The highest BCUT2D eigenvalue weighted by molar-refractivity contribution is 5.36. The average Bonchev–Trinajstić information content (AvgIpc) is 2.66. The van der Waals surface area contributed by atoms with E-state index in [2.05, 4.69) is 6.58 Å². The Morgan fingerprint density at radius 1 is 1.40 bits per heavy atom. The number of pyridine rings is 1. The molecule has 0 radical (unpaired) electrons. The van der Waals surface area contributed by atoms with Crippen molar-refractivity contribution in [2.45, 2.75) is 19.5 Å². The number of rotatable bonds is 3. The van der Waals surface area contributed by atoms with Crippen LogP contribution < -0.4 is 4.57 Å². The third-order valence-corrected chi connectivity index (χ3v) is 2.98. The Kier molecular flexibility index (Phi) is 2.84. The fourth-order valence-electron chi connectivity index (χ4n) is 2.13. The summed E-state index contributed by atoms with van der Waals surface area (Å²) in [6.07, 6.45) is 5.86. The van der Waals surface area contributed by atoms with Crippen molar-refractivity contribution in [1.29, 1.82) is 0 Å². The molecule has 0 N–H and O–H groups in total. The van der Waals surface area contributed by atoms with E-state index < -0.39 is 0 Å². The molecule has 2 heterocycles. The molecule has 2 rings (SSSR count). The molecular formula is C12H17N2O+. The number of aromatic nitrogens is 1. The number of hydrogen-bond donors (Lipinski definition) is 0. The first-order valence-corrected chi connectivity index (χ1v) is 5.41. The maximum Gasteiger partial charge on any atom is 0.276 e. The van der Waals surface area contributed by atoms with Crippen molar-refractivity contribution in [2.24, 2.45) is 0 Å². The topological polar surface area (TPSA) is 26.9 Å². The van der Waals surface area contributed by atoms with Crippen LogP contribution in [-0.4, -0.2) is 17.7 Å². The van der Waals surface area contributed by atoms with E-state index in [0.717, 1.165) is 31.6 Å². The summed E-state index contributed by atoms with van der Waals surface area (Å²) in [6.45, 7) is 5.77. The van der Waals surface area contributed by atoms with Gasteiger partial charge in [-0.3, -0.25) is 0 Å². The Hall–Kier alpha value is -1.19. The molecule has 3 nitrogen and oxygen atoms in total. The van der Waals surface area contributed by atoms with Crippen LogP contribution in [0.3, 0.4) is 0 Å². The maximum absolute atomic E-state index is 12.2. The fourth-order valence-corrected chi connectivity index (χ4v) is 2.13. The summed E-state index contributed by atoms with van der Waals surface area (Å²) in [5, 5.41) is 12.2. The van der Waals surface area contributed by atoms with E-state index in [1.54, 1.807) is 6.08 Å². The molecule has 0 bridgehead atoms. The second kappa shape index (κ2) is 4.13. The smallest absolute Gasteiger partial charge is 0.276 e. The van der Waals surface area contributed by atoms with Gasteiger partial charge in [-0.2, -0.15) is 0 Å². The van der Waals surface area contributed by atoms with Crippen LogP contribution in [0, 0.1) is 5.21 Å². The summed E-state index contributed by atoms with van der Waals surface area (Å²) in [5.41, 5.74) is 1.01. The van der Waals surface area contributed by atoms with E-state index >= 15 is 0 Å². The number of hydrogen-bond acceptors (Lipinski definition) is 1. The zero-order chi connectivity index (χ0) is 10.7. The molecule has 1 aliphatic rings. The van der Waals surface area contributed by atoms with Crippen molar-refractivity contribution < 1.29 is 9.21 Å². The van der Waals surface area contributed by atoms with Gasteiger partial charge in [0.05, 0.1) is 13.1 Å². The monoisotopic (exact) mass is 205 g/mol. The highest BCUT2D eigenvalue weighted by Gasteiger charge is 2.27. The molecule has 80 valence electrons. The van der Waals surface area contributed by atoms with Gasteiger partial charge in [-0.25, -0.2) is 0 Å². The third-order valence-electron chi connectivity index (χ3n) is 2.98. The molecule has 0 saturated carbocycles. The Balaban J connectivity index is 2.19. The van der Waals surface area contributed by atoms with Crippen molar-refractivity contribution >= 4 is 6.08 Å². The molecule has 1 aromatic heterocycles.